The van der Waals surface area contributed by atoms with Crippen LogP contribution in [-0.2, 0) is 21.1 Å². The van der Waals surface area contributed by atoms with Crippen LogP contribution in [0.25, 0.3) is 0 Å². The van der Waals surface area contributed by atoms with Gasteiger partial charge in [0.2, 0.25) is 0 Å². The van der Waals surface area contributed by atoms with Crippen molar-refractivity contribution in [2.45, 2.75) is 58.1 Å². The minimum absolute atomic E-state index is 0.227. The van der Waals surface area contributed by atoms with Crippen molar-refractivity contribution >= 4 is 21.3 Å². The molecule has 0 amide bonds. The fourth-order valence-corrected chi connectivity index (χ4v) is 4.18. The molecule has 0 aliphatic carbocycles. The first-order valence-corrected chi connectivity index (χ1v) is 11.2. The van der Waals surface area contributed by atoms with Crippen LogP contribution in [0.3, 0.4) is 0 Å². The molecule has 5 heteroatoms. The lowest BCUT2D eigenvalue weighted by molar-refractivity contribution is -0.118. The second-order valence-corrected chi connectivity index (χ2v) is 10.1. The van der Waals surface area contributed by atoms with Gasteiger partial charge in [-0.1, -0.05) is 24.6 Å². The lowest BCUT2D eigenvalue weighted by atomic mass is 9.99. The third-order valence-corrected chi connectivity index (χ3v) is 7.29. The molecular formula is C21H31NO3S. The van der Waals surface area contributed by atoms with E-state index >= 15 is 0 Å². The number of unbranched alkanes of at least 4 members (excludes halogenated alkanes) is 2. The minimum atomic E-state index is -2.96. The van der Waals surface area contributed by atoms with Gasteiger partial charge in [-0.2, -0.15) is 0 Å². The van der Waals surface area contributed by atoms with Crippen LogP contribution in [0.1, 0.15) is 50.7 Å². The van der Waals surface area contributed by atoms with E-state index < -0.39 is 9.84 Å². The van der Waals surface area contributed by atoms with Crippen molar-refractivity contribution in [2.24, 2.45) is 0 Å². The van der Waals surface area contributed by atoms with E-state index in [4.69, 9.17) is 0 Å². The first kappa shape index (κ1) is 20.7. The number of sulfone groups is 1. The van der Waals surface area contributed by atoms with Gasteiger partial charge in [0.25, 0.3) is 0 Å². The molecule has 0 N–H and O–H groups in total. The van der Waals surface area contributed by atoms with Crippen LogP contribution < -0.4 is 4.90 Å². The van der Waals surface area contributed by atoms with Crippen molar-refractivity contribution < 1.29 is 13.2 Å². The number of carbonyl (C=O) groups is 1. The third-order valence-electron chi connectivity index (χ3n) is 5.00. The first-order chi connectivity index (χ1) is 12.3. The molecule has 0 aromatic heterocycles. The molecule has 1 heterocycles. The maximum absolute atomic E-state index is 12.2. The second-order valence-electron chi connectivity index (χ2n) is 7.43. The van der Waals surface area contributed by atoms with E-state index in [-0.39, 0.29) is 16.8 Å². The van der Waals surface area contributed by atoms with Crippen LogP contribution in [0.2, 0.25) is 0 Å². The fraction of sp³-hybridized carbons (Fsp3) is 0.571. The molecular weight excluding hydrogens is 346 g/mol. The molecule has 0 unspecified atom stereocenters. The Labute approximate surface area is 158 Å². The highest BCUT2D eigenvalue weighted by Crippen LogP contribution is 2.22. The third kappa shape index (κ3) is 5.97. The zero-order valence-corrected chi connectivity index (χ0v) is 17.0. The summed E-state index contributed by atoms with van der Waals surface area (Å²) in [6.07, 6.45) is 7.53. The average molecular weight is 378 g/mol. The number of Topliss-reactive ketones (excluding diaryl/α,β-unsaturated/α-hetero) is 1. The van der Waals surface area contributed by atoms with Crippen LogP contribution in [-0.4, -0.2) is 38.3 Å². The largest absolute Gasteiger partial charge is 0.364 e. The highest BCUT2D eigenvalue weighted by molar-refractivity contribution is 7.91. The lowest BCUT2D eigenvalue weighted by Gasteiger charge is -2.19. The van der Waals surface area contributed by atoms with Gasteiger partial charge in [0.15, 0.2) is 9.84 Å². The summed E-state index contributed by atoms with van der Waals surface area (Å²) in [4.78, 5) is 14.5. The number of carbonyl (C=O) groups excluding carboxylic acids is 1. The SMILES string of the molecule is Cc1cc(N2CC=CC2)ccc1CC(=O)CCCCCS(=O)(=O)C(C)C. The van der Waals surface area contributed by atoms with Gasteiger partial charge in [-0.05, 0) is 56.9 Å². The van der Waals surface area contributed by atoms with E-state index in [0.29, 0.717) is 19.3 Å². The van der Waals surface area contributed by atoms with Gasteiger partial charge in [0.1, 0.15) is 5.78 Å². The Bertz CT molecular complexity index is 743. The van der Waals surface area contributed by atoms with Crippen LogP contribution in [0, 0.1) is 6.92 Å². The van der Waals surface area contributed by atoms with Crippen molar-refractivity contribution in [1.82, 2.24) is 0 Å². The summed E-state index contributed by atoms with van der Waals surface area (Å²) in [5.41, 5.74) is 3.45. The Kier molecular flexibility index (Phi) is 7.44. The van der Waals surface area contributed by atoms with E-state index in [1.165, 1.54) is 5.69 Å². The number of hydrogen-bond acceptors (Lipinski definition) is 4. The van der Waals surface area contributed by atoms with Gasteiger partial charge in [0, 0.05) is 31.6 Å². The van der Waals surface area contributed by atoms with Crippen LogP contribution >= 0.6 is 0 Å². The van der Waals surface area contributed by atoms with E-state index in [1.54, 1.807) is 13.8 Å². The van der Waals surface area contributed by atoms with Crippen molar-refractivity contribution in [1.29, 1.82) is 0 Å². The zero-order chi connectivity index (χ0) is 19.2. The number of benzene rings is 1. The second kappa shape index (κ2) is 9.36. The van der Waals surface area contributed by atoms with Gasteiger partial charge < -0.3 is 4.90 Å². The normalized spacial score (nSPS) is 14.4. The summed E-state index contributed by atoms with van der Waals surface area (Å²) in [5.74, 6) is 0.459. The summed E-state index contributed by atoms with van der Waals surface area (Å²) < 4.78 is 23.5. The van der Waals surface area contributed by atoms with Crippen LogP contribution in [0.5, 0.6) is 0 Å². The van der Waals surface area contributed by atoms with Crippen molar-refractivity contribution in [3.8, 4) is 0 Å². The molecule has 0 radical (unpaired) electrons. The predicted molar refractivity (Wildman–Crippen MR) is 109 cm³/mol. The van der Waals surface area contributed by atoms with Gasteiger partial charge in [-0.15, -0.1) is 0 Å². The summed E-state index contributed by atoms with van der Waals surface area (Å²) >= 11 is 0. The number of hydrogen-bond donors (Lipinski definition) is 0. The van der Waals surface area contributed by atoms with Gasteiger partial charge in [-0.3, -0.25) is 4.79 Å². The molecule has 0 spiro atoms. The zero-order valence-electron chi connectivity index (χ0n) is 16.2. The predicted octanol–water partition coefficient (Wildman–Crippen LogP) is 3.87. The summed E-state index contributed by atoms with van der Waals surface area (Å²) in [5, 5.41) is -0.314. The Morgan fingerprint density at radius 2 is 1.81 bits per heavy atom. The average Bonchev–Trinajstić information content (AvgIpc) is 3.10. The minimum Gasteiger partial charge on any atom is -0.364 e. The molecule has 1 aromatic rings. The standard InChI is InChI=1S/C21H31NO3S/c1-17(2)26(24,25)14-8-4-5-9-21(23)16-19-10-11-20(15-18(19)3)22-12-6-7-13-22/h6-7,10-11,15,17H,4-5,8-9,12-14,16H2,1-3H3. The van der Waals surface area contributed by atoms with E-state index in [9.17, 15) is 13.2 Å². The fourth-order valence-electron chi connectivity index (χ4n) is 3.10. The molecule has 2 rings (SSSR count). The topological polar surface area (TPSA) is 54.5 Å². The van der Waals surface area contributed by atoms with Crippen LogP contribution in [0.15, 0.2) is 30.4 Å². The molecule has 0 bridgehead atoms. The number of ketones is 1. The lowest BCUT2D eigenvalue weighted by Crippen LogP contribution is -2.18. The van der Waals surface area contributed by atoms with E-state index in [1.807, 2.05) is 0 Å². The molecule has 26 heavy (non-hydrogen) atoms. The summed E-state index contributed by atoms with van der Waals surface area (Å²) in [7, 11) is -2.96. The van der Waals surface area contributed by atoms with E-state index in [0.717, 1.165) is 37.1 Å². The summed E-state index contributed by atoms with van der Waals surface area (Å²) in [6.45, 7) is 7.39. The highest BCUT2D eigenvalue weighted by atomic mass is 32.2. The number of rotatable bonds is 10. The smallest absolute Gasteiger partial charge is 0.152 e. The maximum atomic E-state index is 12.2. The van der Waals surface area contributed by atoms with Crippen molar-refractivity contribution in [2.75, 3.05) is 23.7 Å². The highest BCUT2D eigenvalue weighted by Gasteiger charge is 2.15. The van der Waals surface area contributed by atoms with Crippen LogP contribution in [0.4, 0.5) is 5.69 Å². The number of aryl methyl sites for hydroxylation is 1. The molecule has 0 fully saturated rings. The Balaban J connectivity index is 1.74. The molecule has 1 aliphatic heterocycles. The Morgan fingerprint density at radius 1 is 1.12 bits per heavy atom. The molecule has 1 aromatic carbocycles. The molecule has 0 saturated carbocycles. The molecule has 4 nitrogen and oxygen atoms in total. The van der Waals surface area contributed by atoms with Gasteiger partial charge in [-0.25, -0.2) is 8.42 Å². The van der Waals surface area contributed by atoms with Gasteiger partial charge >= 0.3 is 0 Å². The first-order valence-electron chi connectivity index (χ1n) is 9.52. The molecule has 1 aliphatic rings. The summed E-state index contributed by atoms with van der Waals surface area (Å²) in [6, 6.07) is 6.32. The number of nitrogens with zero attached hydrogens (tertiary/aromatic N) is 1. The molecule has 144 valence electrons. The quantitative estimate of drug-likeness (QED) is 0.459. The Hall–Kier alpha value is -1.62. The number of anilines is 1. The molecule has 0 atom stereocenters. The monoisotopic (exact) mass is 377 g/mol. The maximum Gasteiger partial charge on any atom is 0.152 e. The van der Waals surface area contributed by atoms with Crippen molar-refractivity contribution in [3.05, 3.63) is 41.5 Å². The van der Waals surface area contributed by atoms with Gasteiger partial charge in [0.05, 0.1) is 11.0 Å². The van der Waals surface area contributed by atoms with E-state index in [2.05, 4.69) is 42.2 Å². The Morgan fingerprint density at radius 3 is 2.42 bits per heavy atom. The van der Waals surface area contributed by atoms with Crippen molar-refractivity contribution in [3.63, 3.8) is 0 Å². The molecule has 0 saturated heterocycles.